The van der Waals surface area contributed by atoms with E-state index in [1.54, 1.807) is 27.1 Å². The summed E-state index contributed by atoms with van der Waals surface area (Å²) in [4.78, 5) is 17.9. The Labute approximate surface area is 176 Å². The molecule has 0 saturated heterocycles. The third-order valence-electron chi connectivity index (χ3n) is 3.95. The number of furan rings is 1. The van der Waals surface area contributed by atoms with Crippen LogP contribution in [0.1, 0.15) is 27.4 Å². The second-order valence-electron chi connectivity index (χ2n) is 5.78. The van der Waals surface area contributed by atoms with Crippen LogP contribution in [0.4, 0.5) is 0 Å². The lowest BCUT2D eigenvalue weighted by Crippen LogP contribution is -2.37. The Morgan fingerprint density at radius 3 is 2.48 bits per heavy atom. The first-order valence-corrected chi connectivity index (χ1v) is 8.20. The van der Waals surface area contributed by atoms with Crippen LogP contribution in [0, 0.1) is 6.92 Å². The van der Waals surface area contributed by atoms with Crippen molar-refractivity contribution >= 4 is 35.9 Å². The van der Waals surface area contributed by atoms with Crippen LogP contribution in [0.5, 0.6) is 5.75 Å². The van der Waals surface area contributed by atoms with Crippen LogP contribution in [-0.2, 0) is 17.8 Å². The maximum atomic E-state index is 11.7. The zero-order valence-electron chi connectivity index (χ0n) is 16.2. The van der Waals surface area contributed by atoms with Gasteiger partial charge in [-0.1, -0.05) is 12.1 Å². The van der Waals surface area contributed by atoms with Crippen molar-refractivity contribution in [2.45, 2.75) is 20.0 Å². The lowest BCUT2D eigenvalue weighted by atomic mass is 10.2. The fourth-order valence-electron chi connectivity index (χ4n) is 2.57. The zero-order valence-corrected chi connectivity index (χ0v) is 18.6. The van der Waals surface area contributed by atoms with Crippen molar-refractivity contribution in [2.24, 2.45) is 4.99 Å². The lowest BCUT2D eigenvalue weighted by molar-refractivity contribution is 0.0599. The topological polar surface area (TPSA) is 76.3 Å². The molecule has 7 nitrogen and oxygen atoms in total. The fourth-order valence-corrected chi connectivity index (χ4v) is 2.57. The third kappa shape index (κ3) is 6.16. The highest BCUT2D eigenvalue weighted by molar-refractivity contribution is 14.0. The molecule has 1 N–H and O–H groups in total. The molecule has 27 heavy (non-hydrogen) atoms. The normalized spacial score (nSPS) is 10.8. The lowest BCUT2D eigenvalue weighted by Gasteiger charge is -2.22. The summed E-state index contributed by atoms with van der Waals surface area (Å²) in [5.74, 6) is 2.32. The smallest absolute Gasteiger partial charge is 0.341 e. The number of ether oxygens (including phenoxy) is 2. The van der Waals surface area contributed by atoms with E-state index in [1.165, 1.54) is 7.11 Å². The second-order valence-corrected chi connectivity index (χ2v) is 5.78. The van der Waals surface area contributed by atoms with E-state index in [1.807, 2.05) is 36.2 Å². The van der Waals surface area contributed by atoms with Gasteiger partial charge in [0.2, 0.25) is 0 Å². The predicted octanol–water partition coefficient (Wildman–Crippen LogP) is 3.21. The van der Waals surface area contributed by atoms with Crippen molar-refractivity contribution in [1.82, 2.24) is 10.2 Å². The number of nitrogens with zero attached hydrogens (tertiary/aromatic N) is 2. The van der Waals surface area contributed by atoms with Gasteiger partial charge in [-0.15, -0.1) is 24.0 Å². The van der Waals surface area contributed by atoms with Crippen molar-refractivity contribution in [2.75, 3.05) is 28.3 Å². The van der Waals surface area contributed by atoms with Gasteiger partial charge in [0.15, 0.2) is 5.96 Å². The van der Waals surface area contributed by atoms with Gasteiger partial charge >= 0.3 is 5.97 Å². The molecular weight excluding hydrogens is 461 g/mol. The summed E-state index contributed by atoms with van der Waals surface area (Å²) in [6, 6.07) is 9.58. The van der Waals surface area contributed by atoms with Crippen molar-refractivity contribution in [3.05, 3.63) is 53.0 Å². The largest absolute Gasteiger partial charge is 0.497 e. The highest BCUT2D eigenvalue weighted by atomic mass is 127. The van der Waals surface area contributed by atoms with Crippen molar-refractivity contribution in [3.63, 3.8) is 0 Å². The Bertz CT molecular complexity index is 772. The van der Waals surface area contributed by atoms with Crippen LogP contribution in [0.3, 0.4) is 0 Å². The molecule has 148 valence electrons. The summed E-state index contributed by atoms with van der Waals surface area (Å²) in [5, 5.41) is 3.23. The Morgan fingerprint density at radius 1 is 1.26 bits per heavy atom. The summed E-state index contributed by atoms with van der Waals surface area (Å²) in [7, 11) is 6.67. The van der Waals surface area contributed by atoms with Crippen molar-refractivity contribution in [3.8, 4) is 5.75 Å². The van der Waals surface area contributed by atoms with Gasteiger partial charge in [0.1, 0.15) is 22.8 Å². The number of halogens is 1. The van der Waals surface area contributed by atoms with Crippen LogP contribution >= 0.6 is 24.0 Å². The summed E-state index contributed by atoms with van der Waals surface area (Å²) in [6.07, 6.45) is 0. The van der Waals surface area contributed by atoms with E-state index in [0.29, 0.717) is 30.2 Å². The zero-order chi connectivity index (χ0) is 19.1. The van der Waals surface area contributed by atoms with Gasteiger partial charge in [-0.25, -0.2) is 4.79 Å². The average molecular weight is 487 g/mol. The molecule has 0 fully saturated rings. The number of guanidine groups is 1. The summed E-state index contributed by atoms with van der Waals surface area (Å²) in [6.45, 7) is 2.84. The van der Waals surface area contributed by atoms with E-state index in [2.05, 4.69) is 10.3 Å². The Morgan fingerprint density at radius 2 is 1.93 bits per heavy atom. The Kier molecular flexibility index (Phi) is 9.13. The predicted molar refractivity (Wildman–Crippen MR) is 115 cm³/mol. The van der Waals surface area contributed by atoms with E-state index in [0.717, 1.165) is 17.3 Å². The second kappa shape index (κ2) is 10.8. The molecule has 0 spiro atoms. The highest BCUT2D eigenvalue weighted by Gasteiger charge is 2.16. The molecule has 0 unspecified atom stereocenters. The van der Waals surface area contributed by atoms with Gasteiger partial charge in [-0.3, -0.25) is 4.99 Å². The maximum absolute atomic E-state index is 11.7. The number of esters is 1. The third-order valence-corrected chi connectivity index (χ3v) is 3.95. The number of hydrogen-bond donors (Lipinski definition) is 1. The van der Waals surface area contributed by atoms with Crippen molar-refractivity contribution in [1.29, 1.82) is 0 Å². The van der Waals surface area contributed by atoms with Gasteiger partial charge in [0, 0.05) is 20.6 Å². The Balaban J connectivity index is 0.00000364. The standard InChI is InChI=1S/C19H25N3O4.HI/c1-13-17(18(23)25-5)10-16(26-13)11-21-19(20-2)22(3)12-14-6-8-15(24-4)9-7-14;/h6-10H,11-12H2,1-5H3,(H,20,21);1H. The highest BCUT2D eigenvalue weighted by Crippen LogP contribution is 2.16. The number of benzene rings is 1. The van der Waals surface area contributed by atoms with Gasteiger partial charge < -0.3 is 24.1 Å². The van der Waals surface area contributed by atoms with Crippen molar-refractivity contribution < 1.29 is 18.7 Å². The minimum absolute atomic E-state index is 0. The number of carbonyl (C=O) groups is 1. The van der Waals surface area contributed by atoms with Crippen LogP contribution in [-0.4, -0.2) is 45.1 Å². The van der Waals surface area contributed by atoms with E-state index in [-0.39, 0.29) is 24.0 Å². The van der Waals surface area contributed by atoms with Gasteiger partial charge in [0.25, 0.3) is 0 Å². The number of methoxy groups -OCH3 is 2. The SMILES string of the molecule is CN=C(NCc1cc(C(=O)OC)c(C)o1)N(C)Cc1ccc(OC)cc1.I. The van der Waals surface area contributed by atoms with Crippen LogP contribution in [0.2, 0.25) is 0 Å². The fraction of sp³-hybridized carbons (Fsp3) is 0.368. The quantitative estimate of drug-likeness (QED) is 0.292. The first-order valence-electron chi connectivity index (χ1n) is 8.20. The van der Waals surface area contributed by atoms with Gasteiger partial charge in [-0.05, 0) is 30.7 Å². The molecule has 1 aromatic carbocycles. The average Bonchev–Trinajstić information content (AvgIpc) is 3.02. The first kappa shape index (κ1) is 22.8. The monoisotopic (exact) mass is 487 g/mol. The molecular formula is C19H26IN3O4. The first-order chi connectivity index (χ1) is 12.5. The van der Waals surface area contributed by atoms with E-state index >= 15 is 0 Å². The Hall–Kier alpha value is -2.23. The molecule has 8 heteroatoms. The van der Waals surface area contributed by atoms with Crippen LogP contribution in [0.15, 0.2) is 39.7 Å². The number of aryl methyl sites for hydroxylation is 1. The number of rotatable bonds is 6. The molecule has 0 bridgehead atoms. The molecule has 1 heterocycles. The minimum Gasteiger partial charge on any atom is -0.497 e. The number of aliphatic imine (C=N–C) groups is 1. The summed E-state index contributed by atoms with van der Waals surface area (Å²) in [5.41, 5.74) is 1.57. The molecule has 0 radical (unpaired) electrons. The van der Waals surface area contributed by atoms with Gasteiger partial charge in [-0.2, -0.15) is 0 Å². The van der Waals surface area contributed by atoms with E-state index in [4.69, 9.17) is 13.9 Å². The van der Waals surface area contributed by atoms with E-state index < -0.39 is 5.97 Å². The number of carbonyl (C=O) groups excluding carboxylic acids is 1. The summed E-state index contributed by atoms with van der Waals surface area (Å²) >= 11 is 0. The molecule has 2 aromatic rings. The van der Waals surface area contributed by atoms with E-state index in [9.17, 15) is 4.79 Å². The molecule has 0 aliphatic carbocycles. The van der Waals surface area contributed by atoms with Crippen LogP contribution in [0.25, 0.3) is 0 Å². The molecule has 0 aliphatic heterocycles. The maximum Gasteiger partial charge on any atom is 0.341 e. The minimum atomic E-state index is -0.404. The molecule has 0 saturated carbocycles. The number of nitrogens with one attached hydrogen (secondary N) is 1. The molecule has 2 rings (SSSR count). The van der Waals surface area contributed by atoms with Gasteiger partial charge in [0.05, 0.1) is 20.8 Å². The summed E-state index contributed by atoms with van der Waals surface area (Å²) < 4.78 is 15.5. The number of hydrogen-bond acceptors (Lipinski definition) is 5. The molecule has 0 atom stereocenters. The van der Waals surface area contributed by atoms with Crippen LogP contribution < -0.4 is 10.1 Å². The molecule has 0 aliphatic rings. The molecule has 0 amide bonds. The molecule has 1 aromatic heterocycles.